The normalized spacial score (nSPS) is 22.1. The van der Waals surface area contributed by atoms with Gasteiger partial charge < -0.3 is 15.5 Å². The van der Waals surface area contributed by atoms with E-state index in [2.05, 4.69) is 15.5 Å². The Morgan fingerprint density at radius 1 is 1.07 bits per heavy atom. The molecule has 0 atom stereocenters. The van der Waals surface area contributed by atoms with E-state index in [1.54, 1.807) is 19.1 Å². The van der Waals surface area contributed by atoms with Crippen LogP contribution in [-0.4, -0.2) is 32.1 Å². The van der Waals surface area contributed by atoms with Gasteiger partial charge in [-0.15, -0.1) is 10.2 Å². The zero-order valence-electron chi connectivity index (χ0n) is 15.0. The number of rotatable bonds is 3. The Morgan fingerprint density at radius 2 is 1.75 bits per heavy atom. The zero-order valence-corrected chi connectivity index (χ0v) is 15.0. The van der Waals surface area contributed by atoms with E-state index in [9.17, 15) is 23.4 Å². The number of aromatic nitrogens is 2. The van der Waals surface area contributed by atoms with Crippen molar-refractivity contribution in [1.82, 2.24) is 10.2 Å². The summed E-state index contributed by atoms with van der Waals surface area (Å²) in [6.45, 7) is 1.77. The van der Waals surface area contributed by atoms with Crippen molar-refractivity contribution < 1.29 is 23.4 Å². The smallest absolute Gasteiger partial charge is 0.416 e. The summed E-state index contributed by atoms with van der Waals surface area (Å²) in [6, 6.07) is 10.1. The number of halogens is 3. The summed E-state index contributed by atoms with van der Waals surface area (Å²) in [5, 5.41) is 33.1. The molecule has 0 aliphatic heterocycles. The number of alkyl halides is 3. The standard InChI is InChI=1S/C20H18F3N3O2/c1-19(28)9-12(10-19)24-18-14-5-3-2-4-13(14)17(25-26-18)15-7-6-11(8-16(15)27)20(21,22)23/h2-8,12,27-28H,9-10H2,1H3,(H,24,26). The van der Waals surface area contributed by atoms with Crippen molar-refractivity contribution in [3.05, 3.63) is 48.0 Å². The lowest BCUT2D eigenvalue weighted by Crippen LogP contribution is -2.48. The topological polar surface area (TPSA) is 78.3 Å². The molecule has 8 heteroatoms. The van der Waals surface area contributed by atoms with Gasteiger partial charge in [-0.25, -0.2) is 0 Å². The van der Waals surface area contributed by atoms with Gasteiger partial charge in [-0.2, -0.15) is 13.2 Å². The van der Waals surface area contributed by atoms with E-state index in [0.717, 1.165) is 11.5 Å². The maximum atomic E-state index is 12.9. The molecule has 5 nitrogen and oxygen atoms in total. The highest BCUT2D eigenvalue weighted by molar-refractivity contribution is 6.00. The largest absolute Gasteiger partial charge is 0.507 e. The number of hydrogen-bond donors (Lipinski definition) is 3. The third-order valence-electron chi connectivity index (χ3n) is 4.98. The summed E-state index contributed by atoms with van der Waals surface area (Å²) >= 11 is 0. The Bertz CT molecular complexity index is 1040. The van der Waals surface area contributed by atoms with Gasteiger partial charge in [-0.1, -0.05) is 24.3 Å². The lowest BCUT2D eigenvalue weighted by Gasteiger charge is -2.41. The Hall–Kier alpha value is -2.87. The predicted molar refractivity (Wildman–Crippen MR) is 98.9 cm³/mol. The first-order valence-corrected chi connectivity index (χ1v) is 8.79. The fraction of sp³-hybridized carbons (Fsp3) is 0.300. The van der Waals surface area contributed by atoms with Crippen molar-refractivity contribution in [3.8, 4) is 17.0 Å². The maximum Gasteiger partial charge on any atom is 0.416 e. The van der Waals surface area contributed by atoms with Crippen LogP contribution in [0.3, 0.4) is 0 Å². The summed E-state index contributed by atoms with van der Waals surface area (Å²) in [5.41, 5.74) is -1.14. The van der Waals surface area contributed by atoms with Crippen LogP contribution in [0, 0.1) is 0 Å². The van der Waals surface area contributed by atoms with Crippen LogP contribution in [0.5, 0.6) is 5.75 Å². The molecule has 28 heavy (non-hydrogen) atoms. The highest BCUT2D eigenvalue weighted by Gasteiger charge is 2.38. The number of nitrogens with zero attached hydrogens (tertiary/aromatic N) is 2. The second-order valence-electron chi connectivity index (χ2n) is 7.42. The quantitative estimate of drug-likeness (QED) is 0.621. The third kappa shape index (κ3) is 3.35. The predicted octanol–water partition coefficient (Wildman–Crippen LogP) is 4.35. The summed E-state index contributed by atoms with van der Waals surface area (Å²) in [7, 11) is 0. The van der Waals surface area contributed by atoms with E-state index in [4.69, 9.17) is 0 Å². The molecule has 0 saturated heterocycles. The SMILES string of the molecule is CC1(O)CC(Nc2nnc(-c3ccc(C(F)(F)F)cc3O)c3ccccc23)C1. The van der Waals surface area contributed by atoms with E-state index in [1.165, 1.54) is 6.07 Å². The van der Waals surface area contributed by atoms with Crippen LogP contribution in [-0.2, 0) is 6.18 Å². The van der Waals surface area contributed by atoms with Crippen molar-refractivity contribution >= 4 is 16.6 Å². The summed E-state index contributed by atoms with van der Waals surface area (Å²) in [5.74, 6) is 0.0243. The lowest BCUT2D eigenvalue weighted by molar-refractivity contribution is -0.137. The number of phenols is 1. The van der Waals surface area contributed by atoms with Crippen molar-refractivity contribution in [1.29, 1.82) is 0 Å². The highest BCUT2D eigenvalue weighted by atomic mass is 19.4. The average molecular weight is 389 g/mol. The van der Waals surface area contributed by atoms with Crippen LogP contribution in [0.4, 0.5) is 19.0 Å². The van der Waals surface area contributed by atoms with Crippen molar-refractivity contribution in [2.24, 2.45) is 0 Å². The Morgan fingerprint density at radius 3 is 2.36 bits per heavy atom. The van der Waals surface area contributed by atoms with E-state index in [0.29, 0.717) is 35.8 Å². The first-order chi connectivity index (χ1) is 13.1. The van der Waals surface area contributed by atoms with Crippen LogP contribution in [0.2, 0.25) is 0 Å². The van der Waals surface area contributed by atoms with Crippen molar-refractivity contribution in [3.63, 3.8) is 0 Å². The molecule has 1 aliphatic rings. The molecule has 0 radical (unpaired) electrons. The fourth-order valence-corrected chi connectivity index (χ4v) is 3.61. The number of benzene rings is 2. The molecule has 0 unspecified atom stereocenters. The average Bonchev–Trinajstić information content (AvgIpc) is 2.60. The lowest BCUT2D eigenvalue weighted by atomic mass is 9.77. The van der Waals surface area contributed by atoms with Gasteiger partial charge >= 0.3 is 6.18 Å². The summed E-state index contributed by atoms with van der Waals surface area (Å²) in [4.78, 5) is 0. The number of phenolic OH excluding ortho intramolecular Hbond substituents is 1. The molecular weight excluding hydrogens is 371 g/mol. The molecule has 3 N–H and O–H groups in total. The van der Waals surface area contributed by atoms with Gasteiger partial charge in [-0.05, 0) is 38.0 Å². The molecule has 1 saturated carbocycles. The minimum atomic E-state index is -4.54. The number of fused-ring (bicyclic) bond motifs is 1. The first-order valence-electron chi connectivity index (χ1n) is 8.79. The minimum Gasteiger partial charge on any atom is -0.507 e. The van der Waals surface area contributed by atoms with Crippen molar-refractivity contribution in [2.75, 3.05) is 5.32 Å². The molecule has 3 aromatic rings. The molecular formula is C20H18F3N3O2. The van der Waals surface area contributed by atoms with Gasteiger partial charge in [-0.3, -0.25) is 0 Å². The van der Waals surface area contributed by atoms with Crippen LogP contribution in [0.15, 0.2) is 42.5 Å². The second-order valence-corrected chi connectivity index (χ2v) is 7.42. The zero-order chi connectivity index (χ0) is 20.1. The summed E-state index contributed by atoms with van der Waals surface area (Å²) < 4.78 is 38.6. The highest BCUT2D eigenvalue weighted by Crippen LogP contribution is 2.39. The van der Waals surface area contributed by atoms with Crippen LogP contribution in [0.1, 0.15) is 25.3 Å². The summed E-state index contributed by atoms with van der Waals surface area (Å²) in [6.07, 6.45) is -3.36. The van der Waals surface area contributed by atoms with E-state index >= 15 is 0 Å². The number of nitrogens with one attached hydrogen (secondary N) is 1. The first kappa shape index (κ1) is 18.5. The van der Waals surface area contributed by atoms with Crippen LogP contribution >= 0.6 is 0 Å². The molecule has 1 aliphatic carbocycles. The molecule has 2 aromatic carbocycles. The Balaban J connectivity index is 1.74. The molecule has 146 valence electrons. The van der Waals surface area contributed by atoms with E-state index in [-0.39, 0.29) is 11.6 Å². The van der Waals surface area contributed by atoms with Crippen LogP contribution < -0.4 is 5.32 Å². The van der Waals surface area contributed by atoms with E-state index in [1.807, 2.05) is 12.1 Å². The molecule has 1 fully saturated rings. The minimum absolute atomic E-state index is 0.0676. The van der Waals surface area contributed by atoms with Gasteiger partial charge in [0, 0.05) is 22.4 Å². The molecule has 4 rings (SSSR count). The molecule has 0 amide bonds. The third-order valence-corrected chi connectivity index (χ3v) is 4.98. The number of aliphatic hydroxyl groups is 1. The van der Waals surface area contributed by atoms with Gasteiger partial charge in [0.2, 0.25) is 0 Å². The monoisotopic (exact) mass is 389 g/mol. The maximum absolute atomic E-state index is 12.9. The number of hydrogen-bond acceptors (Lipinski definition) is 5. The molecule has 0 spiro atoms. The van der Waals surface area contributed by atoms with Crippen LogP contribution in [0.25, 0.3) is 22.0 Å². The molecule has 1 aromatic heterocycles. The number of aromatic hydroxyl groups is 1. The second kappa shape index (κ2) is 6.34. The van der Waals surface area contributed by atoms with E-state index < -0.39 is 23.1 Å². The Kier molecular flexibility index (Phi) is 4.19. The van der Waals surface area contributed by atoms with Gasteiger partial charge in [0.15, 0.2) is 5.82 Å². The molecule has 1 heterocycles. The van der Waals surface area contributed by atoms with Gasteiger partial charge in [0.1, 0.15) is 11.4 Å². The molecule has 0 bridgehead atoms. The van der Waals surface area contributed by atoms with Gasteiger partial charge in [0.05, 0.1) is 11.2 Å². The number of anilines is 1. The van der Waals surface area contributed by atoms with Gasteiger partial charge in [0.25, 0.3) is 0 Å². The van der Waals surface area contributed by atoms with Crippen molar-refractivity contribution in [2.45, 2.75) is 37.6 Å². The fourth-order valence-electron chi connectivity index (χ4n) is 3.61. The Labute approximate surface area is 158 Å².